The van der Waals surface area contributed by atoms with Gasteiger partial charge in [0.1, 0.15) is 5.82 Å². The van der Waals surface area contributed by atoms with Crippen LogP contribution >= 0.6 is 11.3 Å². The zero-order chi connectivity index (χ0) is 19.2. The van der Waals surface area contributed by atoms with Crippen LogP contribution in [-0.4, -0.2) is 34.0 Å². The Morgan fingerprint density at radius 3 is 2.89 bits per heavy atom. The van der Waals surface area contributed by atoms with Crippen molar-refractivity contribution in [3.63, 3.8) is 0 Å². The fourth-order valence-corrected chi connectivity index (χ4v) is 3.09. The Bertz CT molecular complexity index is 1070. The third kappa shape index (κ3) is 4.63. The smallest absolute Gasteiger partial charge is 0.300 e. The second-order valence-electron chi connectivity index (χ2n) is 5.59. The second kappa shape index (κ2) is 8.65. The molecular weight excluding hydrogens is 371 g/mol. The summed E-state index contributed by atoms with van der Waals surface area (Å²) in [5, 5.41) is 5.80. The predicted octanol–water partition coefficient (Wildman–Crippen LogP) is 1.68. The summed E-state index contributed by atoms with van der Waals surface area (Å²) in [4.78, 5) is 28.7. The molecule has 1 amide bonds. The molecule has 7 nitrogen and oxygen atoms in total. The largest absolute Gasteiger partial charge is 0.383 e. The van der Waals surface area contributed by atoms with Gasteiger partial charge in [0, 0.05) is 30.3 Å². The van der Waals surface area contributed by atoms with Crippen LogP contribution in [0.1, 0.15) is 16.1 Å². The number of amides is 1. The van der Waals surface area contributed by atoms with E-state index in [1.165, 1.54) is 36.6 Å². The van der Waals surface area contributed by atoms with Crippen molar-refractivity contribution < 1.29 is 13.9 Å². The van der Waals surface area contributed by atoms with Gasteiger partial charge in [0.15, 0.2) is 10.5 Å². The monoisotopic (exact) mass is 388 g/mol. The summed E-state index contributed by atoms with van der Waals surface area (Å²) in [5.41, 5.74) is 0.224. The molecule has 0 spiro atoms. The number of hydrogen-bond donors (Lipinski definition) is 0. The van der Waals surface area contributed by atoms with Crippen molar-refractivity contribution in [3.8, 4) is 0 Å². The lowest BCUT2D eigenvalue weighted by Crippen LogP contribution is -2.26. The van der Waals surface area contributed by atoms with Crippen LogP contribution in [-0.2, 0) is 17.8 Å². The van der Waals surface area contributed by atoms with Gasteiger partial charge in [-0.05, 0) is 12.1 Å². The van der Waals surface area contributed by atoms with Crippen LogP contribution in [0.3, 0.4) is 0 Å². The van der Waals surface area contributed by atoms with E-state index in [0.29, 0.717) is 17.0 Å². The minimum Gasteiger partial charge on any atom is -0.383 e. The molecule has 140 valence electrons. The Kier molecular flexibility index (Phi) is 6.05. The van der Waals surface area contributed by atoms with Gasteiger partial charge in [0.2, 0.25) is 0 Å². The molecule has 0 saturated heterocycles. The van der Waals surface area contributed by atoms with E-state index in [9.17, 15) is 14.0 Å². The van der Waals surface area contributed by atoms with Crippen molar-refractivity contribution in [1.29, 1.82) is 0 Å². The van der Waals surface area contributed by atoms with Crippen LogP contribution in [0.5, 0.6) is 0 Å². The number of methoxy groups -OCH3 is 1. The summed E-state index contributed by atoms with van der Waals surface area (Å²) >= 11 is 1.26. The maximum Gasteiger partial charge on any atom is 0.300 e. The molecule has 1 aromatic carbocycles. The van der Waals surface area contributed by atoms with Gasteiger partial charge in [-0.2, -0.15) is 10.1 Å². The van der Waals surface area contributed by atoms with E-state index in [-0.39, 0.29) is 30.2 Å². The lowest BCUT2D eigenvalue weighted by Gasteiger charge is -2.05. The third-order valence-corrected chi connectivity index (χ3v) is 4.54. The molecule has 0 aliphatic carbocycles. The summed E-state index contributed by atoms with van der Waals surface area (Å²) in [6, 6.07) is 9.05. The highest BCUT2D eigenvalue weighted by atomic mass is 32.1. The normalized spacial score (nSPS) is 11.7. The number of halogens is 1. The van der Waals surface area contributed by atoms with Crippen molar-refractivity contribution >= 4 is 17.2 Å². The number of rotatable bonds is 6. The molecule has 27 heavy (non-hydrogen) atoms. The van der Waals surface area contributed by atoms with Gasteiger partial charge in [-0.3, -0.25) is 9.59 Å². The summed E-state index contributed by atoms with van der Waals surface area (Å²) in [6.07, 6.45) is 1.73. The van der Waals surface area contributed by atoms with E-state index in [1.807, 2.05) is 0 Å². The van der Waals surface area contributed by atoms with Gasteiger partial charge in [-0.1, -0.05) is 18.2 Å². The van der Waals surface area contributed by atoms with Crippen LogP contribution in [0.25, 0.3) is 0 Å². The van der Waals surface area contributed by atoms with Crippen molar-refractivity contribution in [3.05, 3.63) is 80.2 Å². The number of hydrogen-bond acceptors (Lipinski definition) is 5. The summed E-state index contributed by atoms with van der Waals surface area (Å²) in [7, 11) is 1.51. The first-order valence-corrected chi connectivity index (χ1v) is 9.00. The first kappa shape index (κ1) is 18.9. The molecular formula is C18H17FN4O3S. The highest BCUT2D eigenvalue weighted by Gasteiger charge is 2.10. The second-order valence-corrected chi connectivity index (χ2v) is 6.47. The maximum absolute atomic E-state index is 13.9. The molecule has 2 heterocycles. The molecule has 2 aromatic heterocycles. The molecule has 0 fully saturated rings. The number of aromatic nitrogens is 3. The van der Waals surface area contributed by atoms with E-state index >= 15 is 0 Å². The molecule has 0 saturated carbocycles. The Labute approximate surface area is 158 Å². The number of nitrogens with zero attached hydrogens (tertiary/aromatic N) is 4. The standard InChI is InChI=1S/C18H17FN4O3S/c1-26-10-8-23-16(24)7-6-15(21-23)17(25)20-18-22(9-11-27-18)12-13-4-2-3-5-14(13)19/h2-7,9,11H,8,10,12H2,1H3. The highest BCUT2D eigenvalue weighted by Crippen LogP contribution is 2.08. The van der Waals surface area contributed by atoms with Gasteiger partial charge in [0.25, 0.3) is 11.5 Å². The lowest BCUT2D eigenvalue weighted by atomic mass is 10.2. The Hall–Kier alpha value is -2.91. The molecule has 0 aliphatic rings. The third-order valence-electron chi connectivity index (χ3n) is 3.75. The van der Waals surface area contributed by atoms with E-state index < -0.39 is 5.91 Å². The van der Waals surface area contributed by atoms with Crippen molar-refractivity contribution in [2.75, 3.05) is 13.7 Å². The molecule has 0 radical (unpaired) electrons. The number of carbonyl (C=O) groups is 1. The fourth-order valence-electron chi connectivity index (χ4n) is 2.36. The van der Waals surface area contributed by atoms with Crippen LogP contribution in [0, 0.1) is 5.82 Å². The van der Waals surface area contributed by atoms with E-state index in [1.54, 1.807) is 34.3 Å². The zero-order valence-corrected chi connectivity index (χ0v) is 15.4. The maximum atomic E-state index is 13.9. The molecule has 0 unspecified atom stereocenters. The SMILES string of the molecule is COCCn1nc(C(=O)N=c2sccn2Cc2ccccc2F)ccc1=O. The minimum atomic E-state index is -0.578. The van der Waals surface area contributed by atoms with Crippen LogP contribution < -0.4 is 10.4 Å². The molecule has 3 aromatic rings. The Morgan fingerprint density at radius 1 is 1.30 bits per heavy atom. The van der Waals surface area contributed by atoms with Crippen LogP contribution in [0.2, 0.25) is 0 Å². The molecule has 0 atom stereocenters. The van der Waals surface area contributed by atoms with Gasteiger partial charge < -0.3 is 9.30 Å². The number of carbonyl (C=O) groups excluding carboxylic acids is 1. The van der Waals surface area contributed by atoms with E-state index in [2.05, 4.69) is 10.1 Å². The number of thiazole rings is 1. The van der Waals surface area contributed by atoms with Crippen molar-refractivity contribution in [2.45, 2.75) is 13.1 Å². The van der Waals surface area contributed by atoms with Gasteiger partial charge >= 0.3 is 0 Å². The first-order chi connectivity index (χ1) is 13.1. The van der Waals surface area contributed by atoms with E-state index in [0.717, 1.165) is 4.68 Å². The summed E-state index contributed by atoms with van der Waals surface area (Å²) < 4.78 is 21.6. The van der Waals surface area contributed by atoms with Gasteiger partial charge in [-0.25, -0.2) is 9.07 Å². The fraction of sp³-hybridized carbons (Fsp3) is 0.222. The van der Waals surface area contributed by atoms with Crippen molar-refractivity contribution in [2.24, 2.45) is 4.99 Å². The highest BCUT2D eigenvalue weighted by molar-refractivity contribution is 7.07. The topological polar surface area (TPSA) is 78.5 Å². The van der Waals surface area contributed by atoms with Crippen LogP contribution in [0.15, 0.2) is 57.8 Å². The number of ether oxygens (including phenoxy) is 1. The Morgan fingerprint density at radius 2 is 2.11 bits per heavy atom. The predicted molar refractivity (Wildman–Crippen MR) is 98.1 cm³/mol. The zero-order valence-electron chi connectivity index (χ0n) is 14.5. The van der Waals surface area contributed by atoms with Gasteiger partial charge in [-0.15, -0.1) is 11.3 Å². The Balaban J connectivity index is 1.88. The minimum absolute atomic E-state index is 0.0524. The molecule has 0 aliphatic heterocycles. The number of benzene rings is 1. The average Bonchev–Trinajstić information content (AvgIpc) is 3.09. The molecule has 9 heteroatoms. The lowest BCUT2D eigenvalue weighted by molar-refractivity contribution is 0.0989. The van der Waals surface area contributed by atoms with Gasteiger partial charge in [0.05, 0.1) is 19.7 Å². The van der Waals surface area contributed by atoms with Crippen LogP contribution in [0.4, 0.5) is 4.39 Å². The molecule has 3 rings (SSSR count). The van der Waals surface area contributed by atoms with E-state index in [4.69, 9.17) is 4.74 Å². The van der Waals surface area contributed by atoms with Crippen molar-refractivity contribution in [1.82, 2.24) is 14.3 Å². The summed E-state index contributed by atoms with van der Waals surface area (Å²) in [6.45, 7) is 0.793. The average molecular weight is 388 g/mol. The molecule has 0 N–H and O–H groups in total. The quantitative estimate of drug-likeness (QED) is 0.644. The molecule has 0 bridgehead atoms. The first-order valence-electron chi connectivity index (χ1n) is 8.12. The summed E-state index contributed by atoms with van der Waals surface area (Å²) in [5.74, 6) is -0.897.